The molecule has 1 aromatic rings. The topological polar surface area (TPSA) is 49.4 Å². The van der Waals surface area contributed by atoms with Gasteiger partial charge in [-0.05, 0) is 37.7 Å². The molecule has 1 aliphatic rings. The molecule has 4 nitrogen and oxygen atoms in total. The fourth-order valence-corrected chi connectivity index (χ4v) is 2.80. The van der Waals surface area contributed by atoms with Crippen LogP contribution in [0.2, 0.25) is 0 Å². The summed E-state index contributed by atoms with van der Waals surface area (Å²) >= 11 is 0. The van der Waals surface area contributed by atoms with Gasteiger partial charge in [-0.3, -0.25) is 9.59 Å². The predicted molar refractivity (Wildman–Crippen MR) is 91.9 cm³/mol. The molecule has 0 aromatic heterocycles. The second-order valence-corrected chi connectivity index (χ2v) is 6.65. The normalized spacial score (nSPS) is 15.1. The first-order chi connectivity index (χ1) is 11.0. The van der Waals surface area contributed by atoms with Crippen LogP contribution in [0.3, 0.4) is 0 Å². The fourth-order valence-electron chi connectivity index (χ4n) is 2.80. The lowest BCUT2D eigenvalue weighted by atomic mass is 10.0. The Bertz CT molecular complexity index is 535. The molecule has 0 radical (unpaired) electrons. The van der Waals surface area contributed by atoms with E-state index < -0.39 is 0 Å². The lowest BCUT2D eigenvalue weighted by Crippen LogP contribution is -2.37. The number of aryl methyl sites for hydroxylation is 1. The second-order valence-electron chi connectivity index (χ2n) is 6.65. The van der Waals surface area contributed by atoms with Crippen molar-refractivity contribution >= 4 is 11.8 Å². The molecule has 0 heterocycles. The van der Waals surface area contributed by atoms with E-state index in [-0.39, 0.29) is 17.9 Å². The van der Waals surface area contributed by atoms with Gasteiger partial charge in [0.25, 0.3) is 0 Å². The third kappa shape index (κ3) is 5.70. The number of carbonyl (C=O) groups is 2. The standard InChI is InChI=1S/C19H28N2O2/c1-4-11-21(13-16-7-8-16)19(23)12-18(20-15(3)22)17-9-5-14(2)6-10-17/h5-6,9-10,16,18H,4,7-8,11-13H2,1-3H3,(H,20,22). The van der Waals surface area contributed by atoms with Crippen LogP contribution in [0.15, 0.2) is 24.3 Å². The van der Waals surface area contributed by atoms with Crippen molar-refractivity contribution in [3.63, 3.8) is 0 Å². The van der Waals surface area contributed by atoms with Crippen LogP contribution in [0.5, 0.6) is 0 Å². The van der Waals surface area contributed by atoms with E-state index >= 15 is 0 Å². The highest BCUT2D eigenvalue weighted by atomic mass is 16.2. The van der Waals surface area contributed by atoms with Crippen molar-refractivity contribution in [2.45, 2.75) is 52.5 Å². The first kappa shape index (κ1) is 17.5. The van der Waals surface area contributed by atoms with Crippen LogP contribution in [0.25, 0.3) is 0 Å². The first-order valence-electron chi connectivity index (χ1n) is 8.61. The quantitative estimate of drug-likeness (QED) is 0.800. The Morgan fingerprint density at radius 2 is 1.91 bits per heavy atom. The molecule has 1 N–H and O–H groups in total. The molecule has 1 fully saturated rings. The number of nitrogens with zero attached hydrogens (tertiary/aromatic N) is 1. The maximum absolute atomic E-state index is 12.7. The van der Waals surface area contributed by atoms with Gasteiger partial charge in [0.15, 0.2) is 0 Å². The van der Waals surface area contributed by atoms with Gasteiger partial charge in [-0.15, -0.1) is 0 Å². The van der Waals surface area contributed by atoms with Crippen molar-refractivity contribution in [1.82, 2.24) is 10.2 Å². The van der Waals surface area contributed by atoms with Crippen LogP contribution in [0, 0.1) is 12.8 Å². The molecule has 1 aromatic carbocycles. The van der Waals surface area contributed by atoms with E-state index in [9.17, 15) is 9.59 Å². The van der Waals surface area contributed by atoms with Gasteiger partial charge in [0.05, 0.1) is 12.5 Å². The molecule has 23 heavy (non-hydrogen) atoms. The highest BCUT2D eigenvalue weighted by Crippen LogP contribution is 2.30. The molecule has 1 unspecified atom stereocenters. The van der Waals surface area contributed by atoms with Gasteiger partial charge in [-0.1, -0.05) is 36.8 Å². The Balaban J connectivity index is 2.06. The second kappa shape index (κ2) is 8.14. The van der Waals surface area contributed by atoms with Gasteiger partial charge in [-0.2, -0.15) is 0 Å². The minimum atomic E-state index is -0.251. The number of benzene rings is 1. The Labute approximate surface area is 139 Å². The minimum Gasteiger partial charge on any atom is -0.349 e. The molecular formula is C19H28N2O2. The zero-order valence-corrected chi connectivity index (χ0v) is 14.5. The van der Waals surface area contributed by atoms with Gasteiger partial charge >= 0.3 is 0 Å². The lowest BCUT2D eigenvalue weighted by molar-refractivity contribution is -0.132. The van der Waals surface area contributed by atoms with Crippen molar-refractivity contribution < 1.29 is 9.59 Å². The number of rotatable bonds is 8. The molecule has 2 rings (SSSR count). The van der Waals surface area contributed by atoms with Gasteiger partial charge in [0, 0.05) is 20.0 Å². The zero-order chi connectivity index (χ0) is 16.8. The van der Waals surface area contributed by atoms with Crippen LogP contribution >= 0.6 is 0 Å². The highest BCUT2D eigenvalue weighted by molar-refractivity contribution is 5.79. The van der Waals surface area contributed by atoms with Gasteiger partial charge in [0.2, 0.25) is 11.8 Å². The molecule has 126 valence electrons. The molecule has 1 aliphatic carbocycles. The first-order valence-corrected chi connectivity index (χ1v) is 8.61. The summed E-state index contributed by atoms with van der Waals surface area (Å²) in [6.07, 6.45) is 3.77. The van der Waals surface area contributed by atoms with Crippen molar-refractivity contribution in [2.75, 3.05) is 13.1 Å². The minimum absolute atomic E-state index is 0.104. The number of carbonyl (C=O) groups excluding carboxylic acids is 2. The largest absolute Gasteiger partial charge is 0.349 e. The Morgan fingerprint density at radius 1 is 1.26 bits per heavy atom. The van der Waals surface area contributed by atoms with Crippen LogP contribution in [-0.4, -0.2) is 29.8 Å². The summed E-state index contributed by atoms with van der Waals surface area (Å²) in [4.78, 5) is 26.2. The molecule has 0 saturated heterocycles. The summed E-state index contributed by atoms with van der Waals surface area (Å²) in [5.74, 6) is 0.717. The summed E-state index contributed by atoms with van der Waals surface area (Å²) in [5, 5.41) is 2.93. The molecule has 2 amide bonds. The molecule has 0 spiro atoms. The van der Waals surface area contributed by atoms with Gasteiger partial charge < -0.3 is 10.2 Å². The molecule has 0 aliphatic heterocycles. The molecule has 0 bridgehead atoms. The summed E-state index contributed by atoms with van der Waals surface area (Å²) in [6.45, 7) is 7.29. The number of amides is 2. The summed E-state index contributed by atoms with van der Waals surface area (Å²) in [7, 11) is 0. The maximum atomic E-state index is 12.7. The third-order valence-corrected chi connectivity index (χ3v) is 4.26. The average Bonchev–Trinajstić information content (AvgIpc) is 3.30. The van der Waals surface area contributed by atoms with E-state index in [1.807, 2.05) is 36.1 Å². The van der Waals surface area contributed by atoms with E-state index in [1.54, 1.807) is 0 Å². The van der Waals surface area contributed by atoms with Crippen molar-refractivity contribution in [1.29, 1.82) is 0 Å². The van der Waals surface area contributed by atoms with Crippen molar-refractivity contribution in [3.05, 3.63) is 35.4 Å². The van der Waals surface area contributed by atoms with Crippen molar-refractivity contribution in [3.8, 4) is 0 Å². The van der Waals surface area contributed by atoms with Gasteiger partial charge in [0.1, 0.15) is 0 Å². The third-order valence-electron chi connectivity index (χ3n) is 4.26. The maximum Gasteiger partial charge on any atom is 0.224 e. The highest BCUT2D eigenvalue weighted by Gasteiger charge is 2.28. The Morgan fingerprint density at radius 3 is 2.43 bits per heavy atom. The SMILES string of the molecule is CCCN(CC1CC1)C(=O)CC(NC(C)=O)c1ccc(C)cc1. The lowest BCUT2D eigenvalue weighted by Gasteiger charge is -2.25. The van der Waals surface area contributed by atoms with Gasteiger partial charge in [-0.25, -0.2) is 0 Å². The summed E-state index contributed by atoms with van der Waals surface area (Å²) in [6, 6.07) is 7.77. The monoisotopic (exact) mass is 316 g/mol. The van der Waals surface area contributed by atoms with Crippen LogP contribution < -0.4 is 5.32 Å². The smallest absolute Gasteiger partial charge is 0.224 e. The molecule has 4 heteroatoms. The fraction of sp³-hybridized carbons (Fsp3) is 0.579. The van der Waals surface area contributed by atoms with Crippen LogP contribution in [-0.2, 0) is 9.59 Å². The van der Waals surface area contributed by atoms with Crippen LogP contribution in [0.4, 0.5) is 0 Å². The summed E-state index contributed by atoms with van der Waals surface area (Å²) in [5.41, 5.74) is 2.16. The zero-order valence-electron chi connectivity index (χ0n) is 14.5. The average molecular weight is 316 g/mol. The Kier molecular flexibility index (Phi) is 6.20. The summed E-state index contributed by atoms with van der Waals surface area (Å²) < 4.78 is 0. The Hall–Kier alpha value is -1.84. The van der Waals surface area contributed by atoms with E-state index in [4.69, 9.17) is 0 Å². The van der Waals surface area contributed by atoms with E-state index in [1.165, 1.54) is 25.3 Å². The van der Waals surface area contributed by atoms with Crippen molar-refractivity contribution in [2.24, 2.45) is 5.92 Å². The number of nitrogens with one attached hydrogen (secondary N) is 1. The number of hydrogen-bond donors (Lipinski definition) is 1. The van der Waals surface area contributed by atoms with E-state index in [0.717, 1.165) is 25.1 Å². The number of hydrogen-bond acceptors (Lipinski definition) is 2. The molecular weight excluding hydrogens is 288 g/mol. The predicted octanol–water partition coefficient (Wildman–Crippen LogP) is 3.21. The van der Waals surface area contributed by atoms with Crippen LogP contribution in [0.1, 0.15) is 56.7 Å². The van der Waals surface area contributed by atoms with E-state index in [0.29, 0.717) is 12.3 Å². The molecule has 1 saturated carbocycles. The van der Waals surface area contributed by atoms with E-state index in [2.05, 4.69) is 12.2 Å². The molecule has 1 atom stereocenters.